The van der Waals surface area contributed by atoms with Gasteiger partial charge >= 0.3 is 0 Å². The molecule has 2 heterocycles. The van der Waals surface area contributed by atoms with Gasteiger partial charge in [-0.05, 0) is 29.3 Å². The summed E-state index contributed by atoms with van der Waals surface area (Å²) in [6.07, 6.45) is 6.92. The van der Waals surface area contributed by atoms with Crippen LogP contribution in [0.4, 0.5) is 0 Å². The van der Waals surface area contributed by atoms with Crippen LogP contribution >= 0.6 is 0 Å². The van der Waals surface area contributed by atoms with E-state index in [0.717, 1.165) is 27.7 Å². The second-order valence-corrected chi connectivity index (χ2v) is 7.13. The first-order valence-electron chi connectivity index (χ1n) is 9.97. The van der Waals surface area contributed by atoms with Gasteiger partial charge in [-0.15, -0.1) is 0 Å². The predicted octanol–water partition coefficient (Wildman–Crippen LogP) is 3.85. The summed E-state index contributed by atoms with van der Waals surface area (Å²) in [5, 5.41) is 4.07. The van der Waals surface area contributed by atoms with Gasteiger partial charge in [-0.25, -0.2) is 4.98 Å². The lowest BCUT2D eigenvalue weighted by Gasteiger charge is -2.27. The highest BCUT2D eigenvalue weighted by Crippen LogP contribution is 2.28. The van der Waals surface area contributed by atoms with Gasteiger partial charge in [0, 0.05) is 41.9 Å². The van der Waals surface area contributed by atoms with Crippen molar-refractivity contribution in [1.82, 2.24) is 15.3 Å². The van der Waals surface area contributed by atoms with Gasteiger partial charge < -0.3 is 16.0 Å². The van der Waals surface area contributed by atoms with E-state index in [1.54, 1.807) is 18.3 Å². The topological polar surface area (TPSA) is 83.8 Å². The summed E-state index contributed by atoms with van der Waals surface area (Å²) >= 11 is 0. The highest BCUT2D eigenvalue weighted by atomic mass is 16.1. The molecule has 150 valence electrons. The zero-order chi connectivity index (χ0) is 20.8. The van der Waals surface area contributed by atoms with Gasteiger partial charge in [-0.3, -0.25) is 4.79 Å². The van der Waals surface area contributed by atoms with Crippen LogP contribution in [0.15, 0.2) is 91.3 Å². The maximum atomic E-state index is 12.7. The van der Waals surface area contributed by atoms with Gasteiger partial charge in [-0.1, -0.05) is 60.7 Å². The number of fused-ring (bicyclic) bond motifs is 1. The monoisotopic (exact) mass is 396 g/mol. The average molecular weight is 396 g/mol. The van der Waals surface area contributed by atoms with Crippen molar-refractivity contribution in [3.05, 3.63) is 108 Å². The molecule has 5 nitrogen and oxygen atoms in total. The number of pyridine rings is 1. The molecule has 0 radical (unpaired) electrons. The number of aromatic nitrogens is 2. The number of benzene rings is 2. The van der Waals surface area contributed by atoms with Gasteiger partial charge in [0.05, 0.1) is 6.04 Å². The molecular weight excluding hydrogens is 372 g/mol. The molecule has 0 aliphatic carbocycles. The standard InChI is InChI=1S/C25H24N4O/c26-16-22(24(18-8-3-1-4-9-18)19-10-5-2-6-11-19)29-23(30)14-13-20-17-28-25-21(20)12-7-15-27-25/h1-15,17,22,24H,16,26H2,(H,27,28)(H,29,30)/b14-13+/t22-/m1/s1. The van der Waals surface area contributed by atoms with E-state index in [4.69, 9.17) is 5.73 Å². The normalized spacial score (nSPS) is 12.5. The second-order valence-electron chi connectivity index (χ2n) is 7.13. The minimum Gasteiger partial charge on any atom is -0.348 e. The molecule has 0 aliphatic heterocycles. The SMILES string of the molecule is NC[C@@H](NC(=O)/C=C/c1c[nH]c2ncccc12)C(c1ccccc1)c1ccccc1. The third-order valence-electron chi connectivity index (χ3n) is 5.20. The molecule has 30 heavy (non-hydrogen) atoms. The molecule has 2 aromatic heterocycles. The summed E-state index contributed by atoms with van der Waals surface area (Å²) in [6.45, 7) is 0.324. The quantitative estimate of drug-likeness (QED) is 0.415. The van der Waals surface area contributed by atoms with Crippen molar-refractivity contribution < 1.29 is 4.79 Å². The Balaban J connectivity index is 1.56. The summed E-state index contributed by atoms with van der Waals surface area (Å²) in [6, 6.07) is 23.9. The number of H-pyrrole nitrogens is 1. The van der Waals surface area contributed by atoms with Crippen LogP contribution in [-0.2, 0) is 4.79 Å². The average Bonchev–Trinajstić information content (AvgIpc) is 3.22. The molecule has 5 heteroatoms. The lowest BCUT2D eigenvalue weighted by atomic mass is 9.85. The van der Waals surface area contributed by atoms with E-state index in [0.29, 0.717) is 6.54 Å². The molecule has 2 aromatic carbocycles. The molecule has 1 amide bonds. The second kappa shape index (κ2) is 9.20. The molecule has 1 atom stereocenters. The molecule has 0 fully saturated rings. The Morgan fingerprint density at radius 2 is 1.67 bits per heavy atom. The first-order valence-corrected chi connectivity index (χ1v) is 9.97. The summed E-state index contributed by atoms with van der Waals surface area (Å²) in [5.41, 5.74) is 10.1. The molecule has 0 bridgehead atoms. The fraction of sp³-hybridized carbons (Fsp3) is 0.120. The third-order valence-corrected chi connectivity index (χ3v) is 5.20. The highest BCUT2D eigenvalue weighted by molar-refractivity contribution is 5.95. The molecule has 4 N–H and O–H groups in total. The van der Waals surface area contributed by atoms with Gasteiger partial charge in [0.2, 0.25) is 5.91 Å². The van der Waals surface area contributed by atoms with Crippen molar-refractivity contribution >= 4 is 23.0 Å². The van der Waals surface area contributed by atoms with Crippen LogP contribution in [0, 0.1) is 0 Å². The Morgan fingerprint density at radius 3 is 2.30 bits per heavy atom. The molecule has 4 rings (SSSR count). The van der Waals surface area contributed by atoms with Crippen molar-refractivity contribution in [3.63, 3.8) is 0 Å². The van der Waals surface area contributed by atoms with Crippen LogP contribution in [0.1, 0.15) is 22.6 Å². The van der Waals surface area contributed by atoms with Crippen molar-refractivity contribution in [2.24, 2.45) is 5.73 Å². The Bertz CT molecular complexity index is 1100. The fourth-order valence-electron chi connectivity index (χ4n) is 3.77. The predicted molar refractivity (Wildman–Crippen MR) is 121 cm³/mol. The van der Waals surface area contributed by atoms with E-state index in [9.17, 15) is 4.79 Å². The number of carbonyl (C=O) groups excluding carboxylic acids is 1. The summed E-state index contributed by atoms with van der Waals surface area (Å²) in [4.78, 5) is 20.1. The Morgan fingerprint density at radius 1 is 1.00 bits per heavy atom. The fourth-order valence-corrected chi connectivity index (χ4v) is 3.77. The molecule has 0 saturated carbocycles. The zero-order valence-corrected chi connectivity index (χ0v) is 16.5. The Hall–Kier alpha value is -3.70. The van der Waals surface area contributed by atoms with Crippen molar-refractivity contribution in [2.75, 3.05) is 6.54 Å². The number of nitrogens with one attached hydrogen (secondary N) is 2. The van der Waals surface area contributed by atoms with Crippen LogP contribution in [0.2, 0.25) is 0 Å². The van der Waals surface area contributed by atoms with Gasteiger partial charge in [0.25, 0.3) is 0 Å². The minimum absolute atomic E-state index is 0.0351. The molecule has 0 unspecified atom stereocenters. The van der Waals surface area contributed by atoms with Crippen molar-refractivity contribution in [2.45, 2.75) is 12.0 Å². The first-order chi connectivity index (χ1) is 14.8. The van der Waals surface area contributed by atoms with Crippen LogP contribution in [-0.4, -0.2) is 28.5 Å². The molecule has 0 spiro atoms. The zero-order valence-electron chi connectivity index (χ0n) is 16.5. The number of nitrogens with zero attached hydrogens (tertiary/aromatic N) is 1. The Kier molecular flexibility index (Phi) is 6.01. The maximum absolute atomic E-state index is 12.7. The number of rotatable bonds is 7. The molecule has 0 aliphatic rings. The number of carbonyl (C=O) groups is 1. The number of aromatic amines is 1. The van der Waals surface area contributed by atoms with Gasteiger partial charge in [-0.2, -0.15) is 0 Å². The van der Waals surface area contributed by atoms with E-state index in [-0.39, 0.29) is 17.9 Å². The molecule has 4 aromatic rings. The van der Waals surface area contributed by atoms with Crippen LogP contribution < -0.4 is 11.1 Å². The number of nitrogens with two attached hydrogens (primary N) is 1. The Labute approximate surface area is 175 Å². The van der Waals surface area contributed by atoms with E-state index >= 15 is 0 Å². The summed E-state index contributed by atoms with van der Waals surface area (Å²) < 4.78 is 0. The van der Waals surface area contributed by atoms with Crippen LogP contribution in [0.5, 0.6) is 0 Å². The number of amides is 1. The summed E-state index contributed by atoms with van der Waals surface area (Å²) in [5.74, 6) is -0.215. The van der Waals surface area contributed by atoms with Gasteiger partial charge in [0.1, 0.15) is 5.65 Å². The van der Waals surface area contributed by atoms with Crippen molar-refractivity contribution in [3.8, 4) is 0 Å². The molecular formula is C25H24N4O. The van der Waals surface area contributed by atoms with Crippen LogP contribution in [0.3, 0.4) is 0 Å². The molecule has 0 saturated heterocycles. The lowest BCUT2D eigenvalue weighted by molar-refractivity contribution is -0.117. The van der Waals surface area contributed by atoms with Crippen molar-refractivity contribution in [1.29, 1.82) is 0 Å². The van der Waals surface area contributed by atoms with E-state index in [2.05, 4.69) is 39.6 Å². The largest absolute Gasteiger partial charge is 0.348 e. The minimum atomic E-state index is -0.239. The lowest BCUT2D eigenvalue weighted by Crippen LogP contribution is -2.44. The van der Waals surface area contributed by atoms with E-state index < -0.39 is 0 Å². The van der Waals surface area contributed by atoms with Gasteiger partial charge in [0.15, 0.2) is 0 Å². The first kappa shape index (κ1) is 19.6. The number of hydrogen-bond acceptors (Lipinski definition) is 3. The smallest absolute Gasteiger partial charge is 0.244 e. The third kappa shape index (κ3) is 4.31. The highest BCUT2D eigenvalue weighted by Gasteiger charge is 2.24. The number of hydrogen-bond donors (Lipinski definition) is 3. The van der Waals surface area contributed by atoms with E-state index in [1.165, 1.54) is 0 Å². The maximum Gasteiger partial charge on any atom is 0.244 e. The van der Waals surface area contributed by atoms with E-state index in [1.807, 2.05) is 54.7 Å². The van der Waals surface area contributed by atoms with Crippen LogP contribution in [0.25, 0.3) is 17.1 Å². The summed E-state index contributed by atoms with van der Waals surface area (Å²) in [7, 11) is 0.